The average molecular weight is 527 g/mol. The Morgan fingerprint density at radius 1 is 1.08 bits per heavy atom. The fraction of sp³-hybridized carbons (Fsp3) is 0.520. The van der Waals surface area contributed by atoms with Crippen molar-refractivity contribution in [2.45, 2.75) is 13.0 Å². The van der Waals surface area contributed by atoms with Gasteiger partial charge in [0.2, 0.25) is 0 Å². The van der Waals surface area contributed by atoms with Gasteiger partial charge in [0.05, 0.1) is 39.0 Å². The lowest BCUT2D eigenvalue weighted by Crippen LogP contribution is -2.51. The first-order valence-electron chi connectivity index (χ1n) is 12.7. The molecule has 198 valence electrons. The number of methoxy groups -OCH3 is 1. The fourth-order valence-corrected chi connectivity index (χ4v) is 4.91. The van der Waals surface area contributed by atoms with E-state index in [9.17, 15) is 0 Å². The largest absolute Gasteiger partial charge is 0.493 e. The van der Waals surface area contributed by atoms with Crippen molar-refractivity contribution >= 4 is 34.1 Å². The summed E-state index contributed by atoms with van der Waals surface area (Å²) in [5.74, 6) is 3.16. The zero-order chi connectivity index (χ0) is 25.5. The van der Waals surface area contributed by atoms with Crippen LogP contribution in [0.1, 0.15) is 12.2 Å². The molecule has 2 fully saturated rings. The van der Waals surface area contributed by atoms with Crippen molar-refractivity contribution in [3.8, 4) is 11.5 Å². The Morgan fingerprint density at radius 2 is 1.92 bits per heavy atom. The van der Waals surface area contributed by atoms with E-state index in [1.807, 2.05) is 18.3 Å². The number of fused-ring (bicyclic) bond motifs is 1. The van der Waals surface area contributed by atoms with Crippen LogP contribution in [0.2, 0.25) is 0 Å². The third-order valence-electron chi connectivity index (χ3n) is 6.71. The molecule has 2 N–H and O–H groups in total. The van der Waals surface area contributed by atoms with Crippen molar-refractivity contribution in [2.75, 3.05) is 77.6 Å². The predicted molar refractivity (Wildman–Crippen MR) is 145 cm³/mol. The minimum atomic E-state index is 0.583. The summed E-state index contributed by atoms with van der Waals surface area (Å²) < 4.78 is 17.2. The molecule has 0 aliphatic carbocycles. The zero-order valence-electron chi connectivity index (χ0n) is 21.2. The molecule has 0 spiro atoms. The predicted octanol–water partition coefficient (Wildman–Crippen LogP) is 1.66. The molecule has 1 aromatic carbocycles. The Balaban J connectivity index is 1.19. The van der Waals surface area contributed by atoms with E-state index in [1.54, 1.807) is 19.6 Å². The molecule has 2 aliphatic heterocycles. The Hall–Kier alpha value is -3.22. The van der Waals surface area contributed by atoms with Crippen LogP contribution in [-0.2, 0) is 11.3 Å². The first-order chi connectivity index (χ1) is 18.2. The molecule has 11 nitrogen and oxygen atoms in total. The number of aromatic amines is 1. The highest BCUT2D eigenvalue weighted by Gasteiger charge is 2.22. The van der Waals surface area contributed by atoms with E-state index in [0.717, 1.165) is 93.1 Å². The van der Waals surface area contributed by atoms with Crippen LogP contribution >= 0.6 is 12.2 Å². The first-order valence-corrected chi connectivity index (χ1v) is 13.1. The van der Waals surface area contributed by atoms with E-state index in [2.05, 4.69) is 40.0 Å². The molecule has 2 aliphatic rings. The van der Waals surface area contributed by atoms with Gasteiger partial charge in [0.25, 0.3) is 0 Å². The van der Waals surface area contributed by atoms with Crippen LogP contribution in [0.4, 0.5) is 5.82 Å². The summed E-state index contributed by atoms with van der Waals surface area (Å²) in [5, 5.41) is 4.97. The minimum Gasteiger partial charge on any atom is -0.493 e. The summed E-state index contributed by atoms with van der Waals surface area (Å²) in [5.41, 5.74) is 0.840. The standard InChI is InChI=1S/C25H34N8O3S/c1-34-21-15-19-20(16-22(21)36-12-2-5-31-10-13-35-14-11-31)29-18-30-24(19)32-6-8-33(9-7-32)25(37)28-17-23-26-3-4-27-23/h3-4,15-16,18H,2,5-14,17H2,1H3,(H,26,27)(H,28,37). The highest BCUT2D eigenvalue weighted by molar-refractivity contribution is 7.80. The van der Waals surface area contributed by atoms with Crippen molar-refractivity contribution < 1.29 is 14.2 Å². The average Bonchev–Trinajstić information content (AvgIpc) is 3.48. The van der Waals surface area contributed by atoms with Gasteiger partial charge in [0.15, 0.2) is 16.6 Å². The molecule has 4 heterocycles. The third-order valence-corrected chi connectivity index (χ3v) is 7.11. The number of H-pyrrole nitrogens is 1. The van der Waals surface area contributed by atoms with Gasteiger partial charge in [-0.15, -0.1) is 0 Å². The molecular formula is C25H34N8O3S. The van der Waals surface area contributed by atoms with Crippen LogP contribution in [0.25, 0.3) is 10.9 Å². The van der Waals surface area contributed by atoms with E-state index in [0.29, 0.717) is 24.7 Å². The van der Waals surface area contributed by atoms with E-state index < -0.39 is 0 Å². The number of nitrogens with one attached hydrogen (secondary N) is 2. The number of ether oxygens (including phenoxy) is 3. The number of benzene rings is 1. The van der Waals surface area contributed by atoms with Gasteiger partial charge in [0.1, 0.15) is 18.0 Å². The number of anilines is 1. The first kappa shape index (κ1) is 25.4. The van der Waals surface area contributed by atoms with Gasteiger partial charge in [-0.05, 0) is 24.7 Å². The number of rotatable bonds is 9. The van der Waals surface area contributed by atoms with Gasteiger partial charge in [0, 0.05) is 69.7 Å². The molecule has 0 radical (unpaired) electrons. The molecule has 0 saturated carbocycles. The fourth-order valence-electron chi connectivity index (χ4n) is 4.66. The number of thiocarbonyl (C=S) groups is 1. The van der Waals surface area contributed by atoms with Crippen LogP contribution in [0, 0.1) is 0 Å². The lowest BCUT2D eigenvalue weighted by Gasteiger charge is -2.37. The number of hydrogen-bond acceptors (Lipinski definition) is 9. The molecule has 0 amide bonds. The Bertz CT molecular complexity index is 1160. The van der Waals surface area contributed by atoms with Crippen molar-refractivity contribution in [2.24, 2.45) is 0 Å². The number of morpholine rings is 1. The number of aromatic nitrogens is 4. The summed E-state index contributed by atoms with van der Waals surface area (Å²) in [6, 6.07) is 3.95. The van der Waals surface area contributed by atoms with Gasteiger partial charge < -0.3 is 34.3 Å². The molecule has 0 unspecified atom stereocenters. The van der Waals surface area contributed by atoms with Crippen LogP contribution in [-0.4, -0.2) is 108 Å². The number of hydrogen-bond donors (Lipinski definition) is 2. The topological polar surface area (TPSA) is 104 Å². The highest BCUT2D eigenvalue weighted by atomic mass is 32.1. The normalized spacial score (nSPS) is 16.7. The third kappa shape index (κ3) is 6.38. The van der Waals surface area contributed by atoms with Crippen molar-refractivity contribution in [3.05, 3.63) is 36.7 Å². The maximum absolute atomic E-state index is 6.11. The lowest BCUT2D eigenvalue weighted by molar-refractivity contribution is 0.0357. The van der Waals surface area contributed by atoms with Gasteiger partial charge in [-0.3, -0.25) is 4.90 Å². The summed E-state index contributed by atoms with van der Waals surface area (Å²) in [6.45, 7) is 9.01. The van der Waals surface area contributed by atoms with Gasteiger partial charge in [-0.2, -0.15) is 0 Å². The number of piperazine rings is 1. The monoisotopic (exact) mass is 526 g/mol. The van der Waals surface area contributed by atoms with Gasteiger partial charge in [-0.25, -0.2) is 15.0 Å². The second kappa shape index (κ2) is 12.3. The van der Waals surface area contributed by atoms with Gasteiger partial charge in [-0.1, -0.05) is 0 Å². The molecule has 0 atom stereocenters. The molecule has 5 rings (SSSR count). The van der Waals surface area contributed by atoms with Crippen LogP contribution < -0.4 is 19.7 Å². The lowest BCUT2D eigenvalue weighted by atomic mass is 10.2. The molecule has 37 heavy (non-hydrogen) atoms. The van der Waals surface area contributed by atoms with E-state index in [4.69, 9.17) is 26.4 Å². The summed E-state index contributed by atoms with van der Waals surface area (Å²) in [4.78, 5) is 23.3. The molecular weight excluding hydrogens is 492 g/mol. The van der Waals surface area contributed by atoms with Crippen LogP contribution in [0.5, 0.6) is 11.5 Å². The molecule has 2 aromatic heterocycles. The van der Waals surface area contributed by atoms with Crippen molar-refractivity contribution in [1.82, 2.24) is 35.1 Å². The van der Waals surface area contributed by atoms with Crippen LogP contribution in [0.3, 0.4) is 0 Å². The summed E-state index contributed by atoms with van der Waals surface area (Å²) in [7, 11) is 1.67. The SMILES string of the molecule is COc1cc2c(N3CCN(C(=S)NCc4ncc[nH]4)CC3)ncnc2cc1OCCCN1CCOCC1. The van der Waals surface area contributed by atoms with Crippen LogP contribution in [0.15, 0.2) is 30.9 Å². The minimum absolute atomic E-state index is 0.583. The van der Waals surface area contributed by atoms with Crippen molar-refractivity contribution in [3.63, 3.8) is 0 Å². The molecule has 12 heteroatoms. The maximum Gasteiger partial charge on any atom is 0.169 e. The Morgan fingerprint density at radius 3 is 2.68 bits per heavy atom. The Labute approximate surface area is 222 Å². The van der Waals surface area contributed by atoms with Crippen molar-refractivity contribution in [1.29, 1.82) is 0 Å². The van der Waals surface area contributed by atoms with E-state index in [-0.39, 0.29) is 0 Å². The zero-order valence-corrected chi connectivity index (χ0v) is 22.0. The summed E-state index contributed by atoms with van der Waals surface area (Å²) in [6.07, 6.45) is 6.11. The molecule has 3 aromatic rings. The van der Waals surface area contributed by atoms with Gasteiger partial charge >= 0.3 is 0 Å². The Kier molecular flexibility index (Phi) is 8.49. The second-order valence-electron chi connectivity index (χ2n) is 9.04. The smallest absolute Gasteiger partial charge is 0.169 e. The maximum atomic E-state index is 6.11. The van der Waals surface area contributed by atoms with E-state index in [1.165, 1.54) is 0 Å². The summed E-state index contributed by atoms with van der Waals surface area (Å²) >= 11 is 5.60. The quantitative estimate of drug-likeness (QED) is 0.314. The number of imidazole rings is 1. The number of nitrogens with zero attached hydrogens (tertiary/aromatic N) is 6. The molecule has 2 saturated heterocycles. The van der Waals surface area contributed by atoms with E-state index >= 15 is 0 Å². The second-order valence-corrected chi connectivity index (χ2v) is 9.43. The molecule has 0 bridgehead atoms. The highest BCUT2D eigenvalue weighted by Crippen LogP contribution is 2.35.